The van der Waals surface area contributed by atoms with Gasteiger partial charge < -0.3 is 20.3 Å². The van der Waals surface area contributed by atoms with Crippen LogP contribution in [-0.4, -0.2) is 47.4 Å². The number of aliphatic hydroxyl groups excluding tert-OH is 2. The molecule has 0 fully saturated rings. The Balaban J connectivity index is 3.45. The molecule has 2 unspecified atom stereocenters. The molecule has 6 nitrogen and oxygen atoms in total. The van der Waals surface area contributed by atoms with Gasteiger partial charge in [-0.15, -0.1) is 0 Å². The van der Waals surface area contributed by atoms with Gasteiger partial charge in [0, 0.05) is 12.8 Å². The summed E-state index contributed by atoms with van der Waals surface area (Å²) in [5.74, 6) is -0.0726. The number of nitrogens with one attached hydrogen (secondary N) is 1. The zero-order valence-electron chi connectivity index (χ0n) is 49.8. The second kappa shape index (κ2) is 63.6. The van der Waals surface area contributed by atoms with E-state index in [4.69, 9.17) is 4.74 Å². The average molecular weight is 1040 g/mol. The van der Waals surface area contributed by atoms with Crippen LogP contribution in [-0.2, 0) is 14.3 Å². The molecule has 2 atom stereocenters. The Labute approximate surface area is 462 Å². The molecule has 0 rings (SSSR count). The van der Waals surface area contributed by atoms with E-state index >= 15 is 0 Å². The molecule has 0 spiro atoms. The van der Waals surface area contributed by atoms with Crippen LogP contribution in [0.4, 0.5) is 0 Å². The van der Waals surface area contributed by atoms with Crippen molar-refractivity contribution < 1.29 is 24.5 Å². The maximum Gasteiger partial charge on any atom is 0.305 e. The van der Waals surface area contributed by atoms with Gasteiger partial charge >= 0.3 is 5.97 Å². The van der Waals surface area contributed by atoms with E-state index < -0.39 is 12.1 Å². The van der Waals surface area contributed by atoms with Gasteiger partial charge in [-0.1, -0.05) is 301 Å². The number of aliphatic hydroxyl groups is 2. The normalized spacial score (nSPS) is 12.8. The van der Waals surface area contributed by atoms with Crippen LogP contribution in [0.25, 0.3) is 0 Å². The number of hydrogen-bond donors (Lipinski definition) is 3. The van der Waals surface area contributed by atoms with Crippen molar-refractivity contribution in [3.8, 4) is 0 Å². The molecule has 0 bridgehead atoms. The highest BCUT2D eigenvalue weighted by atomic mass is 16.5. The summed E-state index contributed by atoms with van der Waals surface area (Å²) in [6, 6.07) is -0.635. The lowest BCUT2D eigenvalue weighted by Crippen LogP contribution is -2.45. The standard InChI is InChI=1S/C68H129NO5/c1-3-5-7-9-11-13-15-17-19-21-22-26-29-32-36-40-44-48-52-56-60-66(71)65(64-70)69-67(72)61-57-53-49-45-41-37-33-30-27-24-23-25-28-31-35-39-43-47-51-55-59-63-74-68(73)62-58-54-50-46-42-38-34-20-18-16-14-12-10-8-6-4-2/h20,24,27,34,56,60,65-66,70-71H,3-19,21-23,25-26,28-33,35-55,57-59,61-64H2,1-2H3,(H,69,72)/b27-24-,34-20-,60-56+. The molecule has 0 aromatic carbocycles. The number of hydrogen-bond acceptors (Lipinski definition) is 5. The first kappa shape index (κ1) is 72.1. The smallest absolute Gasteiger partial charge is 0.305 e. The average Bonchev–Trinajstić information content (AvgIpc) is 3.40. The quantitative estimate of drug-likeness (QED) is 0.0320. The minimum Gasteiger partial charge on any atom is -0.466 e. The summed E-state index contributed by atoms with van der Waals surface area (Å²) in [5.41, 5.74) is 0. The highest BCUT2D eigenvalue weighted by Crippen LogP contribution is 2.17. The summed E-state index contributed by atoms with van der Waals surface area (Å²) in [6.07, 6.45) is 80.5. The molecule has 0 saturated carbocycles. The van der Waals surface area contributed by atoms with Crippen LogP contribution in [0.15, 0.2) is 36.5 Å². The molecule has 0 aromatic rings. The van der Waals surface area contributed by atoms with Crippen molar-refractivity contribution >= 4 is 11.9 Å². The molecule has 0 aromatic heterocycles. The van der Waals surface area contributed by atoms with Crippen LogP contribution in [0.1, 0.15) is 361 Å². The lowest BCUT2D eigenvalue weighted by molar-refractivity contribution is -0.143. The third kappa shape index (κ3) is 59.3. The van der Waals surface area contributed by atoms with Gasteiger partial charge in [-0.3, -0.25) is 9.59 Å². The van der Waals surface area contributed by atoms with Crippen molar-refractivity contribution in [3.63, 3.8) is 0 Å². The van der Waals surface area contributed by atoms with Crippen molar-refractivity contribution in [3.05, 3.63) is 36.5 Å². The van der Waals surface area contributed by atoms with Crippen LogP contribution in [0.2, 0.25) is 0 Å². The highest BCUT2D eigenvalue weighted by molar-refractivity contribution is 5.76. The Bertz CT molecular complexity index is 1200. The first-order valence-corrected chi connectivity index (χ1v) is 33.3. The van der Waals surface area contributed by atoms with Crippen molar-refractivity contribution in [1.29, 1.82) is 0 Å². The number of ether oxygens (including phenoxy) is 1. The van der Waals surface area contributed by atoms with E-state index in [2.05, 4.69) is 43.5 Å². The highest BCUT2D eigenvalue weighted by Gasteiger charge is 2.18. The lowest BCUT2D eigenvalue weighted by atomic mass is 10.0. The molecule has 0 radical (unpaired) electrons. The Morgan fingerprint density at radius 1 is 0.365 bits per heavy atom. The van der Waals surface area contributed by atoms with Gasteiger partial charge in [0.1, 0.15) is 0 Å². The van der Waals surface area contributed by atoms with Gasteiger partial charge in [0.2, 0.25) is 5.91 Å². The second-order valence-electron chi connectivity index (χ2n) is 22.8. The van der Waals surface area contributed by atoms with E-state index in [0.717, 1.165) is 51.4 Å². The zero-order valence-corrected chi connectivity index (χ0v) is 49.8. The van der Waals surface area contributed by atoms with Crippen molar-refractivity contribution in [2.24, 2.45) is 0 Å². The van der Waals surface area contributed by atoms with Gasteiger partial charge in [0.15, 0.2) is 0 Å². The first-order valence-electron chi connectivity index (χ1n) is 33.3. The fourth-order valence-corrected chi connectivity index (χ4v) is 10.3. The Hall–Kier alpha value is -1.92. The lowest BCUT2D eigenvalue weighted by Gasteiger charge is -2.20. The fourth-order valence-electron chi connectivity index (χ4n) is 10.3. The summed E-state index contributed by atoms with van der Waals surface area (Å²) in [5, 5.41) is 23.2. The van der Waals surface area contributed by atoms with Gasteiger partial charge in [0.05, 0.1) is 25.4 Å². The predicted molar refractivity (Wildman–Crippen MR) is 324 cm³/mol. The number of unbranched alkanes of at least 4 members (excludes halogenated alkanes) is 47. The van der Waals surface area contributed by atoms with Gasteiger partial charge in [-0.05, 0) is 83.5 Å². The summed E-state index contributed by atoms with van der Waals surface area (Å²) >= 11 is 0. The molecule has 1 amide bonds. The van der Waals surface area contributed by atoms with E-state index in [0.29, 0.717) is 19.4 Å². The summed E-state index contributed by atoms with van der Waals surface area (Å²) < 4.78 is 5.49. The number of rotatable bonds is 62. The summed E-state index contributed by atoms with van der Waals surface area (Å²) in [4.78, 5) is 24.6. The van der Waals surface area contributed by atoms with Crippen molar-refractivity contribution in [2.75, 3.05) is 13.2 Å². The predicted octanol–water partition coefficient (Wildman–Crippen LogP) is 21.1. The zero-order chi connectivity index (χ0) is 53.6. The number of allylic oxidation sites excluding steroid dienone is 5. The van der Waals surface area contributed by atoms with Crippen LogP contribution in [0.5, 0.6) is 0 Å². The minimum absolute atomic E-state index is 0.000574. The van der Waals surface area contributed by atoms with Crippen LogP contribution < -0.4 is 5.32 Å². The molecule has 0 heterocycles. The summed E-state index contributed by atoms with van der Waals surface area (Å²) in [7, 11) is 0. The third-order valence-electron chi connectivity index (χ3n) is 15.4. The van der Waals surface area contributed by atoms with Crippen molar-refractivity contribution in [1.82, 2.24) is 5.32 Å². The number of carbonyl (C=O) groups is 2. The topological polar surface area (TPSA) is 95.9 Å². The van der Waals surface area contributed by atoms with Crippen molar-refractivity contribution in [2.45, 2.75) is 373 Å². The molecule has 0 aliphatic heterocycles. The van der Waals surface area contributed by atoms with E-state index in [1.165, 1.54) is 283 Å². The maximum atomic E-state index is 12.5. The molecule has 0 saturated heterocycles. The molecule has 3 N–H and O–H groups in total. The molecular formula is C68H129NO5. The molecule has 74 heavy (non-hydrogen) atoms. The van der Waals surface area contributed by atoms with E-state index in [-0.39, 0.29) is 18.5 Å². The minimum atomic E-state index is -0.851. The molecule has 0 aliphatic rings. The number of esters is 1. The molecular weight excluding hydrogens is 911 g/mol. The van der Waals surface area contributed by atoms with E-state index in [1.54, 1.807) is 6.08 Å². The van der Waals surface area contributed by atoms with Crippen LogP contribution in [0, 0.1) is 0 Å². The van der Waals surface area contributed by atoms with Gasteiger partial charge in [0.25, 0.3) is 0 Å². The molecule has 0 aliphatic carbocycles. The van der Waals surface area contributed by atoms with E-state index in [9.17, 15) is 19.8 Å². The number of amides is 1. The SMILES string of the molecule is CCCCCCCCC/C=C\CCCCCCCC(=O)OCCCCCCCCCCCC/C=C\CCCCCCCCCC(=O)NC(CO)C(O)/C=C/CCCCCCCCCCCCCCCCCCCC. The molecule has 436 valence electrons. The monoisotopic (exact) mass is 1040 g/mol. The first-order chi connectivity index (χ1) is 36.5. The largest absolute Gasteiger partial charge is 0.466 e. The van der Waals surface area contributed by atoms with Crippen LogP contribution >= 0.6 is 0 Å². The Kier molecular flexibility index (Phi) is 62.0. The second-order valence-corrected chi connectivity index (χ2v) is 22.8. The fraction of sp³-hybridized carbons (Fsp3) is 0.882. The molecule has 6 heteroatoms. The maximum absolute atomic E-state index is 12.5. The summed E-state index contributed by atoms with van der Waals surface area (Å²) in [6.45, 7) is 4.92. The van der Waals surface area contributed by atoms with Crippen LogP contribution in [0.3, 0.4) is 0 Å². The van der Waals surface area contributed by atoms with Gasteiger partial charge in [-0.25, -0.2) is 0 Å². The van der Waals surface area contributed by atoms with E-state index in [1.807, 2.05) is 6.08 Å². The third-order valence-corrected chi connectivity index (χ3v) is 15.4. The Morgan fingerprint density at radius 2 is 0.635 bits per heavy atom. The Morgan fingerprint density at radius 3 is 0.959 bits per heavy atom. The number of carbonyl (C=O) groups excluding carboxylic acids is 2. The van der Waals surface area contributed by atoms with Gasteiger partial charge in [-0.2, -0.15) is 0 Å².